The molecule has 0 saturated carbocycles. The summed E-state index contributed by atoms with van der Waals surface area (Å²) in [6, 6.07) is 12.7. The fourth-order valence-corrected chi connectivity index (χ4v) is 5.51. The van der Waals surface area contributed by atoms with E-state index in [1.165, 1.54) is 0 Å². The van der Waals surface area contributed by atoms with Gasteiger partial charge in [-0.15, -0.1) is 11.8 Å². The molecule has 0 spiro atoms. The van der Waals surface area contributed by atoms with Crippen LogP contribution in [0.3, 0.4) is 0 Å². The highest BCUT2D eigenvalue weighted by Crippen LogP contribution is 2.32. The molecule has 2 amide bonds. The van der Waals surface area contributed by atoms with Crippen LogP contribution in [0, 0.1) is 6.92 Å². The zero-order valence-corrected chi connectivity index (χ0v) is 19.5. The number of hydrogen-bond acceptors (Lipinski definition) is 6. The van der Waals surface area contributed by atoms with Crippen molar-refractivity contribution in [3.63, 3.8) is 0 Å². The number of amides is 2. The van der Waals surface area contributed by atoms with Crippen molar-refractivity contribution in [2.75, 3.05) is 25.4 Å². The summed E-state index contributed by atoms with van der Waals surface area (Å²) in [5, 5.41) is 3.35. The average Bonchev–Trinajstić information content (AvgIpc) is 3.55. The van der Waals surface area contributed by atoms with Gasteiger partial charge in [-0.2, -0.15) is 0 Å². The summed E-state index contributed by atoms with van der Waals surface area (Å²) >= 11 is 7.76. The zero-order chi connectivity index (χ0) is 22.9. The van der Waals surface area contributed by atoms with Gasteiger partial charge in [0.2, 0.25) is 0 Å². The highest BCUT2D eigenvalue weighted by Gasteiger charge is 2.34. The smallest absolute Gasteiger partial charge is 0.277 e. The molecule has 2 aromatic carbocycles. The number of nitrogens with zero attached hydrogens (tertiary/aromatic N) is 2. The van der Waals surface area contributed by atoms with Gasteiger partial charge in [0.25, 0.3) is 11.8 Å². The number of nitrogens with one attached hydrogen (secondary N) is 1. The first-order chi connectivity index (χ1) is 16.0. The van der Waals surface area contributed by atoms with Crippen LogP contribution < -0.4 is 10.1 Å². The molecule has 3 heterocycles. The van der Waals surface area contributed by atoms with Crippen LogP contribution >= 0.6 is 23.4 Å². The van der Waals surface area contributed by atoms with E-state index in [2.05, 4.69) is 10.3 Å². The number of ether oxygens (including phenoxy) is 1. The topological polar surface area (TPSA) is 84.7 Å². The molecule has 3 aromatic rings. The Kier molecular flexibility index (Phi) is 6.03. The van der Waals surface area contributed by atoms with Crippen LogP contribution in [-0.2, 0) is 6.42 Å². The van der Waals surface area contributed by atoms with Gasteiger partial charge in [-0.1, -0.05) is 29.8 Å². The molecule has 0 radical (unpaired) electrons. The van der Waals surface area contributed by atoms with Gasteiger partial charge in [-0.05, 0) is 24.3 Å². The SMILES string of the molecule is Cc1nc(C(=O)N2CCSC2CNC(=O)c2cccc3c2CCO3)c(-c2cccc(Cl)c2)o1. The molecule has 170 valence electrons. The van der Waals surface area contributed by atoms with E-state index in [0.717, 1.165) is 23.5 Å². The second-order valence-corrected chi connectivity index (χ2v) is 9.56. The Morgan fingerprint density at radius 1 is 1.27 bits per heavy atom. The summed E-state index contributed by atoms with van der Waals surface area (Å²) < 4.78 is 11.3. The maximum Gasteiger partial charge on any atom is 0.277 e. The quantitative estimate of drug-likeness (QED) is 0.586. The summed E-state index contributed by atoms with van der Waals surface area (Å²) in [5.41, 5.74) is 2.52. The summed E-state index contributed by atoms with van der Waals surface area (Å²) in [4.78, 5) is 32.4. The van der Waals surface area contributed by atoms with Gasteiger partial charge in [-0.25, -0.2) is 4.98 Å². The van der Waals surface area contributed by atoms with Crippen molar-refractivity contribution >= 4 is 35.2 Å². The monoisotopic (exact) mass is 483 g/mol. The predicted octanol–water partition coefficient (Wildman–Crippen LogP) is 4.18. The van der Waals surface area contributed by atoms with Gasteiger partial charge >= 0.3 is 0 Å². The molecule has 1 saturated heterocycles. The number of carbonyl (C=O) groups excluding carboxylic acids is 2. The van der Waals surface area contributed by atoms with E-state index in [4.69, 9.17) is 20.8 Å². The second kappa shape index (κ2) is 9.11. The van der Waals surface area contributed by atoms with Crippen LogP contribution in [0.15, 0.2) is 46.9 Å². The molecule has 0 bridgehead atoms. The summed E-state index contributed by atoms with van der Waals surface area (Å²) in [5.74, 6) is 1.98. The van der Waals surface area contributed by atoms with E-state index in [0.29, 0.717) is 47.5 Å². The Labute approximate surface area is 200 Å². The summed E-state index contributed by atoms with van der Waals surface area (Å²) in [7, 11) is 0. The highest BCUT2D eigenvalue weighted by molar-refractivity contribution is 8.00. The lowest BCUT2D eigenvalue weighted by Gasteiger charge is -2.23. The first kappa shape index (κ1) is 21.9. The second-order valence-electron chi connectivity index (χ2n) is 7.84. The Morgan fingerprint density at radius 3 is 2.97 bits per heavy atom. The third-order valence-electron chi connectivity index (χ3n) is 5.70. The number of hydrogen-bond donors (Lipinski definition) is 1. The van der Waals surface area contributed by atoms with E-state index in [9.17, 15) is 9.59 Å². The molecule has 1 atom stereocenters. The molecular formula is C24H22ClN3O4S. The Balaban J connectivity index is 1.32. The number of aromatic nitrogens is 1. The molecule has 1 unspecified atom stereocenters. The first-order valence-corrected chi connectivity index (χ1v) is 12.1. The van der Waals surface area contributed by atoms with Gasteiger partial charge in [0.15, 0.2) is 17.3 Å². The number of halogens is 1. The molecule has 9 heteroatoms. The Hall–Kier alpha value is -2.97. The number of fused-ring (bicyclic) bond motifs is 1. The van der Waals surface area contributed by atoms with Crippen LogP contribution in [0.1, 0.15) is 32.3 Å². The zero-order valence-electron chi connectivity index (χ0n) is 18.0. The third-order valence-corrected chi connectivity index (χ3v) is 7.16. The van der Waals surface area contributed by atoms with E-state index < -0.39 is 0 Å². The van der Waals surface area contributed by atoms with E-state index in [1.54, 1.807) is 41.8 Å². The van der Waals surface area contributed by atoms with E-state index >= 15 is 0 Å². The molecular weight excluding hydrogens is 462 g/mol. The minimum atomic E-state index is -0.222. The van der Waals surface area contributed by atoms with Gasteiger partial charge in [-0.3, -0.25) is 9.59 Å². The van der Waals surface area contributed by atoms with Crippen LogP contribution in [0.2, 0.25) is 5.02 Å². The number of benzene rings is 2. The lowest BCUT2D eigenvalue weighted by atomic mass is 10.0. The van der Waals surface area contributed by atoms with Gasteiger partial charge < -0.3 is 19.4 Å². The molecule has 1 fully saturated rings. The molecule has 33 heavy (non-hydrogen) atoms. The molecule has 2 aliphatic heterocycles. The highest BCUT2D eigenvalue weighted by atomic mass is 35.5. The Bertz CT molecular complexity index is 1230. The van der Waals surface area contributed by atoms with E-state index in [-0.39, 0.29) is 22.9 Å². The maximum atomic E-state index is 13.4. The minimum absolute atomic E-state index is 0.158. The predicted molar refractivity (Wildman–Crippen MR) is 127 cm³/mol. The maximum absolute atomic E-state index is 13.4. The summed E-state index contributed by atoms with van der Waals surface area (Å²) in [6.45, 7) is 3.21. The standard InChI is InChI=1S/C24H22ClN3O4S/c1-14-27-21(22(32-14)15-4-2-5-16(25)12-15)24(30)28-9-11-33-20(28)13-26-23(29)18-6-3-7-19-17(18)8-10-31-19/h2-7,12,20H,8-11,13H2,1H3,(H,26,29). The molecule has 7 nitrogen and oxygen atoms in total. The number of thioether (sulfide) groups is 1. The molecule has 0 aliphatic carbocycles. The van der Waals surface area contributed by atoms with Crippen LogP contribution in [0.25, 0.3) is 11.3 Å². The fourth-order valence-electron chi connectivity index (χ4n) is 4.17. The normalized spacial score (nSPS) is 17.0. The largest absolute Gasteiger partial charge is 0.493 e. The van der Waals surface area contributed by atoms with Crippen molar-refractivity contribution < 1.29 is 18.7 Å². The molecule has 1 N–H and O–H groups in total. The van der Waals surface area contributed by atoms with Crippen LogP contribution in [-0.4, -0.2) is 52.5 Å². The van der Waals surface area contributed by atoms with Crippen LogP contribution in [0.5, 0.6) is 5.75 Å². The third kappa shape index (κ3) is 4.32. The fraction of sp³-hybridized carbons (Fsp3) is 0.292. The van der Waals surface area contributed by atoms with Crippen molar-refractivity contribution in [2.45, 2.75) is 18.7 Å². The number of aryl methyl sites for hydroxylation is 1. The first-order valence-electron chi connectivity index (χ1n) is 10.7. The van der Waals surface area contributed by atoms with E-state index in [1.807, 2.05) is 24.3 Å². The van der Waals surface area contributed by atoms with Crippen molar-refractivity contribution in [2.24, 2.45) is 0 Å². The van der Waals surface area contributed by atoms with Crippen molar-refractivity contribution in [1.82, 2.24) is 15.2 Å². The summed E-state index contributed by atoms with van der Waals surface area (Å²) in [6.07, 6.45) is 0.722. The van der Waals surface area contributed by atoms with Gasteiger partial charge in [0, 0.05) is 53.9 Å². The minimum Gasteiger partial charge on any atom is -0.493 e. The lowest BCUT2D eigenvalue weighted by Crippen LogP contribution is -2.42. The van der Waals surface area contributed by atoms with Crippen molar-refractivity contribution in [1.29, 1.82) is 0 Å². The Morgan fingerprint density at radius 2 is 2.12 bits per heavy atom. The number of oxazole rings is 1. The van der Waals surface area contributed by atoms with Crippen molar-refractivity contribution in [3.8, 4) is 17.1 Å². The molecule has 2 aliphatic rings. The average molecular weight is 484 g/mol. The van der Waals surface area contributed by atoms with Crippen LogP contribution in [0.4, 0.5) is 0 Å². The van der Waals surface area contributed by atoms with Gasteiger partial charge in [0.1, 0.15) is 5.75 Å². The lowest BCUT2D eigenvalue weighted by molar-refractivity contribution is 0.0746. The van der Waals surface area contributed by atoms with Crippen molar-refractivity contribution in [3.05, 3.63) is 70.2 Å². The molecule has 1 aromatic heterocycles. The van der Waals surface area contributed by atoms with Gasteiger partial charge in [0.05, 0.1) is 12.0 Å². The number of carbonyl (C=O) groups is 2. The molecule has 5 rings (SSSR count). The number of rotatable bonds is 5.